The second-order valence-electron chi connectivity index (χ2n) is 6.14. The first-order chi connectivity index (χ1) is 12.1. The van der Waals surface area contributed by atoms with Crippen LogP contribution in [0.2, 0.25) is 0 Å². The minimum absolute atomic E-state index is 0.0112. The lowest BCUT2D eigenvalue weighted by atomic mass is 10.1. The maximum Gasteiger partial charge on any atom is 0.257 e. The molecule has 5 nitrogen and oxygen atoms in total. The first-order valence-electron chi connectivity index (χ1n) is 8.46. The van der Waals surface area contributed by atoms with Crippen molar-refractivity contribution in [3.05, 3.63) is 53.6 Å². The van der Waals surface area contributed by atoms with Crippen LogP contribution in [0.15, 0.2) is 42.5 Å². The Morgan fingerprint density at radius 3 is 2.16 bits per heavy atom. The lowest BCUT2D eigenvalue weighted by Crippen LogP contribution is -2.48. The predicted octanol–water partition coefficient (Wildman–Crippen LogP) is 2.97. The van der Waals surface area contributed by atoms with E-state index in [4.69, 9.17) is 9.47 Å². The molecule has 0 spiro atoms. The topological polar surface area (TPSA) is 42.0 Å². The molecule has 1 amide bonds. The number of methoxy groups -OCH3 is 2. The van der Waals surface area contributed by atoms with Crippen LogP contribution >= 0.6 is 0 Å². The Kier molecular flexibility index (Phi) is 5.12. The molecular weight excluding hydrogens is 316 g/mol. The molecule has 0 bridgehead atoms. The first-order valence-corrected chi connectivity index (χ1v) is 8.46. The number of rotatable bonds is 4. The number of carbonyl (C=O) groups is 1. The molecule has 25 heavy (non-hydrogen) atoms. The molecule has 1 heterocycles. The second-order valence-corrected chi connectivity index (χ2v) is 6.14. The highest BCUT2D eigenvalue weighted by molar-refractivity contribution is 5.97. The normalized spacial score (nSPS) is 14.4. The summed E-state index contributed by atoms with van der Waals surface area (Å²) in [7, 11) is 3.20. The molecule has 0 radical (unpaired) electrons. The lowest BCUT2D eigenvalue weighted by molar-refractivity contribution is 0.0743. The van der Waals surface area contributed by atoms with Gasteiger partial charge in [0.2, 0.25) is 0 Å². The van der Waals surface area contributed by atoms with Crippen LogP contribution in [0.3, 0.4) is 0 Å². The highest BCUT2D eigenvalue weighted by atomic mass is 16.5. The molecule has 0 unspecified atom stereocenters. The number of hydrogen-bond acceptors (Lipinski definition) is 4. The van der Waals surface area contributed by atoms with Gasteiger partial charge >= 0.3 is 0 Å². The van der Waals surface area contributed by atoms with Gasteiger partial charge in [0.25, 0.3) is 5.91 Å². The van der Waals surface area contributed by atoms with Crippen LogP contribution in [0.1, 0.15) is 15.9 Å². The molecule has 3 rings (SSSR count). The van der Waals surface area contributed by atoms with Crippen LogP contribution in [-0.2, 0) is 0 Å². The molecule has 1 fully saturated rings. The van der Waals surface area contributed by atoms with Crippen LogP contribution in [0.5, 0.6) is 11.5 Å². The van der Waals surface area contributed by atoms with E-state index in [1.807, 2.05) is 36.1 Å². The zero-order chi connectivity index (χ0) is 17.8. The molecule has 0 saturated carbocycles. The summed E-state index contributed by atoms with van der Waals surface area (Å²) in [6.07, 6.45) is 0. The number of piperazine rings is 1. The van der Waals surface area contributed by atoms with Gasteiger partial charge in [-0.05, 0) is 36.8 Å². The largest absolute Gasteiger partial charge is 0.496 e. The van der Waals surface area contributed by atoms with E-state index < -0.39 is 0 Å². The molecule has 5 heteroatoms. The van der Waals surface area contributed by atoms with E-state index in [-0.39, 0.29) is 5.91 Å². The van der Waals surface area contributed by atoms with Crippen LogP contribution in [-0.4, -0.2) is 51.2 Å². The molecule has 0 aromatic heterocycles. The van der Waals surface area contributed by atoms with Crippen molar-refractivity contribution in [2.45, 2.75) is 6.92 Å². The van der Waals surface area contributed by atoms with Gasteiger partial charge in [-0.1, -0.05) is 18.2 Å². The van der Waals surface area contributed by atoms with Crippen LogP contribution in [0.25, 0.3) is 0 Å². The maximum absolute atomic E-state index is 13.0. The van der Waals surface area contributed by atoms with Gasteiger partial charge in [-0.25, -0.2) is 0 Å². The van der Waals surface area contributed by atoms with E-state index in [0.29, 0.717) is 30.2 Å². The number of aryl methyl sites for hydroxylation is 1. The standard InChI is InChI=1S/C20H24N2O3/c1-15-13-19(25-3)17(14-18(15)24-2)20(23)22-11-9-21(10-12-22)16-7-5-4-6-8-16/h4-8,13-14H,9-12H2,1-3H3. The smallest absolute Gasteiger partial charge is 0.257 e. The van der Waals surface area contributed by atoms with Gasteiger partial charge in [0, 0.05) is 31.9 Å². The summed E-state index contributed by atoms with van der Waals surface area (Å²) < 4.78 is 10.8. The fraction of sp³-hybridized carbons (Fsp3) is 0.350. The number of carbonyl (C=O) groups excluding carboxylic acids is 1. The van der Waals surface area contributed by atoms with Crippen molar-refractivity contribution >= 4 is 11.6 Å². The Morgan fingerprint density at radius 2 is 1.56 bits per heavy atom. The number of ether oxygens (including phenoxy) is 2. The lowest BCUT2D eigenvalue weighted by Gasteiger charge is -2.36. The zero-order valence-electron chi connectivity index (χ0n) is 15.0. The van der Waals surface area contributed by atoms with Crippen molar-refractivity contribution in [3.63, 3.8) is 0 Å². The molecule has 0 aliphatic carbocycles. The summed E-state index contributed by atoms with van der Waals surface area (Å²) in [4.78, 5) is 17.2. The number of anilines is 1. The van der Waals surface area contributed by atoms with E-state index in [9.17, 15) is 4.79 Å². The van der Waals surface area contributed by atoms with Gasteiger partial charge in [-0.2, -0.15) is 0 Å². The third-order valence-electron chi connectivity index (χ3n) is 4.64. The molecule has 2 aromatic rings. The van der Waals surface area contributed by atoms with Crippen molar-refractivity contribution in [2.75, 3.05) is 45.3 Å². The molecule has 0 atom stereocenters. The van der Waals surface area contributed by atoms with Crippen molar-refractivity contribution in [1.82, 2.24) is 4.90 Å². The number of amides is 1. The SMILES string of the molecule is COc1cc(C(=O)N2CCN(c3ccccc3)CC2)c(OC)cc1C. The van der Waals surface area contributed by atoms with Crippen LogP contribution in [0.4, 0.5) is 5.69 Å². The number of benzene rings is 2. The predicted molar refractivity (Wildman–Crippen MR) is 98.8 cm³/mol. The molecule has 0 N–H and O–H groups in total. The fourth-order valence-corrected chi connectivity index (χ4v) is 3.19. The Labute approximate surface area is 148 Å². The molecule has 1 aliphatic heterocycles. The molecular formula is C20H24N2O3. The summed E-state index contributed by atoms with van der Waals surface area (Å²) in [6.45, 7) is 4.95. The molecule has 132 valence electrons. The molecule has 1 saturated heterocycles. The van der Waals surface area contributed by atoms with Gasteiger partial charge < -0.3 is 19.3 Å². The molecule has 2 aromatic carbocycles. The summed E-state index contributed by atoms with van der Waals surface area (Å²) >= 11 is 0. The van der Waals surface area contributed by atoms with Crippen molar-refractivity contribution in [3.8, 4) is 11.5 Å². The second kappa shape index (κ2) is 7.47. The highest BCUT2D eigenvalue weighted by Crippen LogP contribution is 2.29. The van der Waals surface area contributed by atoms with E-state index in [1.54, 1.807) is 20.3 Å². The number of nitrogens with zero attached hydrogens (tertiary/aromatic N) is 2. The van der Waals surface area contributed by atoms with Crippen molar-refractivity contribution in [1.29, 1.82) is 0 Å². The number of para-hydroxylation sites is 1. The Bertz CT molecular complexity index is 738. The zero-order valence-corrected chi connectivity index (χ0v) is 15.0. The van der Waals surface area contributed by atoms with Crippen molar-refractivity contribution < 1.29 is 14.3 Å². The van der Waals surface area contributed by atoms with Crippen molar-refractivity contribution in [2.24, 2.45) is 0 Å². The first kappa shape index (κ1) is 17.1. The van der Waals surface area contributed by atoms with Gasteiger partial charge in [-0.3, -0.25) is 4.79 Å². The van der Waals surface area contributed by atoms with Gasteiger partial charge in [0.05, 0.1) is 19.8 Å². The highest BCUT2D eigenvalue weighted by Gasteiger charge is 2.25. The monoisotopic (exact) mass is 340 g/mol. The van der Waals surface area contributed by atoms with E-state index in [1.165, 1.54) is 5.69 Å². The summed E-state index contributed by atoms with van der Waals surface area (Å²) in [6, 6.07) is 13.9. The van der Waals surface area contributed by atoms with E-state index in [0.717, 1.165) is 18.7 Å². The third-order valence-corrected chi connectivity index (χ3v) is 4.64. The summed E-state index contributed by atoms with van der Waals surface area (Å²) in [5.74, 6) is 1.28. The summed E-state index contributed by atoms with van der Waals surface area (Å²) in [5, 5.41) is 0. The third kappa shape index (κ3) is 3.55. The molecule has 1 aliphatic rings. The summed E-state index contributed by atoms with van der Waals surface area (Å²) in [5.41, 5.74) is 2.70. The average molecular weight is 340 g/mol. The van der Waals surface area contributed by atoms with Gasteiger partial charge in [0.15, 0.2) is 0 Å². The number of hydrogen-bond donors (Lipinski definition) is 0. The van der Waals surface area contributed by atoms with Crippen LogP contribution in [0, 0.1) is 6.92 Å². The minimum Gasteiger partial charge on any atom is -0.496 e. The maximum atomic E-state index is 13.0. The van der Waals surface area contributed by atoms with Crippen LogP contribution < -0.4 is 14.4 Å². The minimum atomic E-state index is -0.0112. The Balaban J connectivity index is 1.74. The Hall–Kier alpha value is -2.69. The average Bonchev–Trinajstić information content (AvgIpc) is 2.68. The quantitative estimate of drug-likeness (QED) is 0.858. The van der Waals surface area contributed by atoms with E-state index in [2.05, 4.69) is 17.0 Å². The van der Waals surface area contributed by atoms with E-state index >= 15 is 0 Å². The Morgan fingerprint density at radius 1 is 0.920 bits per heavy atom. The fourth-order valence-electron chi connectivity index (χ4n) is 3.19. The van der Waals surface area contributed by atoms with Gasteiger partial charge in [0.1, 0.15) is 11.5 Å². The van der Waals surface area contributed by atoms with Gasteiger partial charge in [-0.15, -0.1) is 0 Å².